The summed E-state index contributed by atoms with van der Waals surface area (Å²) in [5, 5.41) is 0. The van der Waals surface area contributed by atoms with E-state index in [2.05, 4.69) is 40.6 Å². The van der Waals surface area contributed by atoms with Gasteiger partial charge in [-0.15, -0.1) is 0 Å². The first kappa shape index (κ1) is 25.0. The van der Waals surface area contributed by atoms with Crippen LogP contribution in [0.25, 0.3) is 11.1 Å². The number of ether oxygens (including phenoxy) is 1. The first-order valence-electron chi connectivity index (χ1n) is 10.8. The van der Waals surface area contributed by atoms with Gasteiger partial charge in [0.05, 0.1) is 11.5 Å². The second kappa shape index (κ2) is 10.5. The molecule has 7 heteroatoms. The van der Waals surface area contributed by atoms with Crippen LogP contribution < -0.4 is 9.46 Å². The second-order valence-corrected chi connectivity index (χ2v) is 10.9. The van der Waals surface area contributed by atoms with Crippen molar-refractivity contribution >= 4 is 31.9 Å². The smallest absolute Gasteiger partial charge is 0.265 e. The minimum atomic E-state index is -3.99. The van der Waals surface area contributed by atoms with Crippen LogP contribution in [-0.2, 0) is 16.4 Å². The molecule has 0 radical (unpaired) electrons. The zero-order valence-corrected chi connectivity index (χ0v) is 21.6. The molecule has 33 heavy (non-hydrogen) atoms. The summed E-state index contributed by atoms with van der Waals surface area (Å²) >= 11 is 3.29. The first-order chi connectivity index (χ1) is 15.6. The van der Waals surface area contributed by atoms with E-state index >= 15 is 0 Å². The lowest BCUT2D eigenvalue weighted by Gasteiger charge is -2.16. The van der Waals surface area contributed by atoms with Crippen molar-refractivity contribution in [1.82, 2.24) is 4.72 Å². The lowest BCUT2D eigenvalue weighted by atomic mass is 9.92. The van der Waals surface area contributed by atoms with Crippen LogP contribution in [0.15, 0.2) is 70.0 Å². The van der Waals surface area contributed by atoms with Gasteiger partial charge in [0.1, 0.15) is 5.75 Å². The second-order valence-electron chi connectivity index (χ2n) is 8.29. The van der Waals surface area contributed by atoms with Gasteiger partial charge in [-0.1, -0.05) is 53.5 Å². The predicted octanol–water partition coefficient (Wildman–Crippen LogP) is 6.14. The normalized spacial score (nSPS) is 11.5. The number of aryl methyl sites for hydroxylation is 1. The molecule has 0 aliphatic rings. The SMILES string of the molecule is CCOc1ccc(C)cc1-c1ccc(C(=O)NS(=O)(=O)c2ccc(Br)cc2)c(CC(C)C)c1. The molecule has 1 N–H and O–H groups in total. The van der Waals surface area contributed by atoms with Gasteiger partial charge in [0.2, 0.25) is 0 Å². The van der Waals surface area contributed by atoms with Gasteiger partial charge in [0.15, 0.2) is 0 Å². The molecule has 3 rings (SSSR count). The Morgan fingerprint density at radius 2 is 1.73 bits per heavy atom. The van der Waals surface area contributed by atoms with E-state index in [1.54, 1.807) is 18.2 Å². The van der Waals surface area contributed by atoms with E-state index in [4.69, 9.17) is 4.74 Å². The van der Waals surface area contributed by atoms with Crippen LogP contribution in [-0.4, -0.2) is 20.9 Å². The summed E-state index contributed by atoms with van der Waals surface area (Å²) in [6.45, 7) is 8.62. The van der Waals surface area contributed by atoms with Gasteiger partial charge in [0.25, 0.3) is 15.9 Å². The Labute approximate surface area is 204 Å². The van der Waals surface area contributed by atoms with Gasteiger partial charge in [0, 0.05) is 15.6 Å². The largest absolute Gasteiger partial charge is 0.493 e. The van der Waals surface area contributed by atoms with Gasteiger partial charge in [-0.3, -0.25) is 4.79 Å². The summed E-state index contributed by atoms with van der Waals surface area (Å²) in [5.41, 5.74) is 4.09. The molecule has 174 valence electrons. The Morgan fingerprint density at radius 3 is 2.36 bits per heavy atom. The highest BCUT2D eigenvalue weighted by atomic mass is 79.9. The van der Waals surface area contributed by atoms with Gasteiger partial charge in [-0.2, -0.15) is 0 Å². The third-order valence-electron chi connectivity index (χ3n) is 5.07. The van der Waals surface area contributed by atoms with Crippen molar-refractivity contribution in [2.45, 2.75) is 39.0 Å². The van der Waals surface area contributed by atoms with Crippen molar-refractivity contribution in [3.05, 3.63) is 81.8 Å². The molecular weight excluding hydrogens is 502 g/mol. The Hall–Kier alpha value is -2.64. The number of hydrogen-bond acceptors (Lipinski definition) is 4. The van der Waals surface area contributed by atoms with E-state index < -0.39 is 15.9 Å². The van der Waals surface area contributed by atoms with E-state index in [-0.39, 0.29) is 10.8 Å². The molecule has 0 fully saturated rings. The molecule has 3 aromatic carbocycles. The Kier molecular flexibility index (Phi) is 7.97. The van der Waals surface area contributed by atoms with Crippen molar-refractivity contribution in [3.8, 4) is 16.9 Å². The zero-order chi connectivity index (χ0) is 24.2. The monoisotopic (exact) mass is 529 g/mol. The molecule has 0 unspecified atom stereocenters. The number of sulfonamides is 1. The number of rotatable bonds is 8. The van der Waals surface area contributed by atoms with Gasteiger partial charge < -0.3 is 4.74 Å². The van der Waals surface area contributed by atoms with Crippen LogP contribution in [0.2, 0.25) is 0 Å². The molecule has 1 amide bonds. The lowest BCUT2D eigenvalue weighted by molar-refractivity contribution is 0.0980. The molecule has 0 spiro atoms. The Bertz CT molecular complexity index is 1250. The van der Waals surface area contributed by atoms with Crippen molar-refractivity contribution in [2.75, 3.05) is 6.61 Å². The maximum absolute atomic E-state index is 13.1. The standard InChI is InChI=1S/C26H28BrNO4S/c1-5-32-25-13-6-18(4)15-24(25)19-7-12-23(20(16-19)14-17(2)3)26(29)28-33(30,31)22-10-8-21(27)9-11-22/h6-13,15-17H,5,14H2,1-4H3,(H,28,29). The fourth-order valence-electron chi connectivity index (χ4n) is 3.59. The first-order valence-corrected chi connectivity index (χ1v) is 13.1. The van der Waals surface area contributed by atoms with Crippen molar-refractivity contribution in [2.24, 2.45) is 5.92 Å². The predicted molar refractivity (Wildman–Crippen MR) is 135 cm³/mol. The van der Waals surface area contributed by atoms with Gasteiger partial charge in [-0.05, 0) is 79.8 Å². The molecule has 0 aliphatic carbocycles. The summed E-state index contributed by atoms with van der Waals surface area (Å²) in [4.78, 5) is 13.1. The molecule has 0 aromatic heterocycles. The number of nitrogens with one attached hydrogen (secondary N) is 1. The third-order valence-corrected chi connectivity index (χ3v) is 6.95. The van der Waals surface area contributed by atoms with Crippen LogP contribution >= 0.6 is 15.9 Å². The molecule has 0 atom stereocenters. The van der Waals surface area contributed by atoms with Gasteiger partial charge in [-0.25, -0.2) is 13.1 Å². The average Bonchev–Trinajstić information content (AvgIpc) is 2.74. The molecule has 3 aromatic rings. The van der Waals surface area contributed by atoms with E-state index in [1.807, 2.05) is 38.1 Å². The Balaban J connectivity index is 2.00. The molecule has 0 heterocycles. The fraction of sp³-hybridized carbons (Fsp3) is 0.269. The number of hydrogen-bond donors (Lipinski definition) is 1. The lowest BCUT2D eigenvalue weighted by Crippen LogP contribution is -2.31. The third kappa shape index (κ3) is 6.24. The van der Waals surface area contributed by atoms with Crippen molar-refractivity contribution < 1.29 is 17.9 Å². The van der Waals surface area contributed by atoms with Crippen LogP contribution in [0.3, 0.4) is 0 Å². The highest BCUT2D eigenvalue weighted by molar-refractivity contribution is 9.10. The zero-order valence-electron chi connectivity index (χ0n) is 19.2. The number of carbonyl (C=O) groups excluding carboxylic acids is 1. The van der Waals surface area contributed by atoms with Gasteiger partial charge >= 0.3 is 0 Å². The molecule has 0 saturated heterocycles. The van der Waals surface area contributed by atoms with E-state index in [0.29, 0.717) is 18.6 Å². The highest BCUT2D eigenvalue weighted by Gasteiger charge is 2.22. The van der Waals surface area contributed by atoms with Crippen LogP contribution in [0.5, 0.6) is 5.75 Å². The Morgan fingerprint density at radius 1 is 1.03 bits per heavy atom. The molecule has 0 bridgehead atoms. The van der Waals surface area contributed by atoms with Crippen LogP contribution in [0, 0.1) is 12.8 Å². The van der Waals surface area contributed by atoms with E-state index in [9.17, 15) is 13.2 Å². The van der Waals surface area contributed by atoms with Crippen LogP contribution in [0.4, 0.5) is 0 Å². The molecule has 5 nitrogen and oxygen atoms in total. The molecule has 0 aliphatic heterocycles. The summed E-state index contributed by atoms with van der Waals surface area (Å²) < 4.78 is 34.3. The molecule has 0 saturated carbocycles. The number of benzene rings is 3. The maximum Gasteiger partial charge on any atom is 0.265 e. The summed E-state index contributed by atoms with van der Waals surface area (Å²) in [6.07, 6.45) is 0.630. The quantitative estimate of drug-likeness (QED) is 0.380. The topological polar surface area (TPSA) is 72.5 Å². The average molecular weight is 530 g/mol. The van der Waals surface area contributed by atoms with E-state index in [1.165, 1.54) is 12.1 Å². The fourth-order valence-corrected chi connectivity index (χ4v) is 4.82. The number of carbonyl (C=O) groups is 1. The summed E-state index contributed by atoms with van der Waals surface area (Å²) in [7, 11) is -3.99. The van der Waals surface area contributed by atoms with E-state index in [0.717, 1.165) is 32.5 Å². The summed E-state index contributed by atoms with van der Waals surface area (Å²) in [6, 6.07) is 17.6. The highest BCUT2D eigenvalue weighted by Crippen LogP contribution is 2.33. The number of amides is 1. The maximum atomic E-state index is 13.1. The minimum Gasteiger partial charge on any atom is -0.493 e. The van der Waals surface area contributed by atoms with Crippen molar-refractivity contribution in [3.63, 3.8) is 0 Å². The van der Waals surface area contributed by atoms with Crippen molar-refractivity contribution in [1.29, 1.82) is 0 Å². The number of halogens is 1. The minimum absolute atomic E-state index is 0.0298. The van der Waals surface area contributed by atoms with Crippen LogP contribution in [0.1, 0.15) is 42.3 Å². The molecular formula is C26H28BrNO4S. The summed E-state index contributed by atoms with van der Waals surface area (Å²) in [5.74, 6) is 0.404.